The third kappa shape index (κ3) is 4.13. The van der Waals surface area contributed by atoms with Crippen molar-refractivity contribution in [3.05, 3.63) is 24.3 Å². The van der Waals surface area contributed by atoms with E-state index < -0.39 is 0 Å². The Morgan fingerprint density at radius 1 is 1.21 bits per heavy atom. The van der Waals surface area contributed by atoms with Gasteiger partial charge in [-0.15, -0.1) is 0 Å². The molecule has 1 saturated carbocycles. The number of nitrogens with one attached hydrogen (secondary N) is 1. The van der Waals surface area contributed by atoms with E-state index in [4.69, 9.17) is 9.47 Å². The van der Waals surface area contributed by atoms with E-state index in [2.05, 4.69) is 12.2 Å². The van der Waals surface area contributed by atoms with Crippen LogP contribution in [0.25, 0.3) is 0 Å². The van der Waals surface area contributed by atoms with Gasteiger partial charge in [0.15, 0.2) is 11.5 Å². The van der Waals surface area contributed by atoms with Gasteiger partial charge in [0, 0.05) is 12.6 Å². The Morgan fingerprint density at radius 3 is 2.47 bits per heavy atom. The van der Waals surface area contributed by atoms with E-state index in [1.165, 1.54) is 19.3 Å². The minimum absolute atomic E-state index is 0.611. The van der Waals surface area contributed by atoms with Crippen LogP contribution in [-0.2, 0) is 0 Å². The normalized spacial score (nSPS) is 16.7. The summed E-state index contributed by atoms with van der Waals surface area (Å²) >= 11 is 0. The molecule has 0 spiro atoms. The Hall–Kier alpha value is -1.22. The second kappa shape index (κ2) is 7.39. The summed E-state index contributed by atoms with van der Waals surface area (Å²) in [5, 5.41) is 3.54. The highest BCUT2D eigenvalue weighted by atomic mass is 16.5. The lowest BCUT2D eigenvalue weighted by atomic mass is 9.80. The van der Waals surface area contributed by atoms with Crippen LogP contribution in [0.4, 0.5) is 0 Å². The molecule has 0 saturated heterocycles. The monoisotopic (exact) mass is 263 g/mol. The van der Waals surface area contributed by atoms with Crippen LogP contribution in [0, 0.1) is 5.92 Å². The molecule has 0 aliphatic heterocycles. The Bertz CT molecular complexity index is 377. The van der Waals surface area contributed by atoms with E-state index in [1.807, 2.05) is 31.2 Å². The smallest absolute Gasteiger partial charge is 0.161 e. The Labute approximate surface area is 116 Å². The predicted octanol–water partition coefficient (Wildman–Crippen LogP) is 3.24. The number of benzene rings is 1. The van der Waals surface area contributed by atoms with Crippen molar-refractivity contribution in [2.75, 3.05) is 19.8 Å². The van der Waals surface area contributed by atoms with E-state index in [1.54, 1.807) is 0 Å². The van der Waals surface area contributed by atoms with Gasteiger partial charge in [0.25, 0.3) is 0 Å². The van der Waals surface area contributed by atoms with Gasteiger partial charge in [-0.05, 0) is 44.7 Å². The highest BCUT2D eigenvalue weighted by Crippen LogP contribution is 2.29. The zero-order chi connectivity index (χ0) is 13.5. The van der Waals surface area contributed by atoms with Crippen LogP contribution in [0.15, 0.2) is 24.3 Å². The molecule has 1 unspecified atom stereocenters. The van der Waals surface area contributed by atoms with Gasteiger partial charge in [-0.1, -0.05) is 18.6 Å². The minimum atomic E-state index is 0.611. The summed E-state index contributed by atoms with van der Waals surface area (Å²) in [7, 11) is 0. The molecule has 2 rings (SSSR count). The predicted molar refractivity (Wildman–Crippen MR) is 77.9 cm³/mol. The van der Waals surface area contributed by atoms with Gasteiger partial charge in [-0.3, -0.25) is 0 Å². The van der Waals surface area contributed by atoms with Crippen molar-refractivity contribution in [3.63, 3.8) is 0 Å². The number of ether oxygens (including phenoxy) is 2. The SMILES string of the molecule is CCOc1ccccc1OCCNC(C)C1CCC1. The molecule has 1 fully saturated rings. The third-order valence-corrected chi connectivity index (χ3v) is 3.83. The summed E-state index contributed by atoms with van der Waals surface area (Å²) in [4.78, 5) is 0. The first-order chi connectivity index (χ1) is 9.31. The quantitative estimate of drug-likeness (QED) is 0.730. The van der Waals surface area contributed by atoms with Crippen LogP contribution in [0.5, 0.6) is 11.5 Å². The van der Waals surface area contributed by atoms with Crippen molar-refractivity contribution < 1.29 is 9.47 Å². The molecule has 1 N–H and O–H groups in total. The fourth-order valence-corrected chi connectivity index (χ4v) is 2.40. The van der Waals surface area contributed by atoms with Crippen molar-refractivity contribution >= 4 is 0 Å². The number of hydrogen-bond donors (Lipinski definition) is 1. The average Bonchev–Trinajstić information content (AvgIpc) is 2.34. The zero-order valence-electron chi connectivity index (χ0n) is 12.0. The molecular weight excluding hydrogens is 238 g/mol. The molecule has 1 aliphatic carbocycles. The van der Waals surface area contributed by atoms with Crippen molar-refractivity contribution in [2.45, 2.75) is 39.2 Å². The first-order valence-electron chi connectivity index (χ1n) is 7.39. The standard InChI is InChI=1S/C16H25NO2/c1-3-18-15-9-4-5-10-16(15)19-12-11-17-13(2)14-7-6-8-14/h4-5,9-10,13-14,17H,3,6-8,11-12H2,1-2H3. The van der Waals surface area contributed by atoms with Crippen LogP contribution < -0.4 is 14.8 Å². The van der Waals surface area contributed by atoms with Gasteiger partial charge >= 0.3 is 0 Å². The van der Waals surface area contributed by atoms with Crippen molar-refractivity contribution in [1.29, 1.82) is 0 Å². The average molecular weight is 263 g/mol. The van der Waals surface area contributed by atoms with Gasteiger partial charge in [0.2, 0.25) is 0 Å². The summed E-state index contributed by atoms with van der Waals surface area (Å²) in [5.74, 6) is 2.54. The highest BCUT2D eigenvalue weighted by molar-refractivity contribution is 5.39. The van der Waals surface area contributed by atoms with Crippen molar-refractivity contribution in [3.8, 4) is 11.5 Å². The number of hydrogen-bond acceptors (Lipinski definition) is 3. The molecule has 0 amide bonds. The van der Waals surface area contributed by atoms with E-state index in [-0.39, 0.29) is 0 Å². The van der Waals surface area contributed by atoms with Gasteiger partial charge in [-0.2, -0.15) is 0 Å². The molecule has 1 aliphatic rings. The molecule has 3 nitrogen and oxygen atoms in total. The fraction of sp³-hybridized carbons (Fsp3) is 0.625. The Morgan fingerprint density at radius 2 is 1.89 bits per heavy atom. The number of rotatable bonds is 8. The summed E-state index contributed by atoms with van der Waals surface area (Å²) in [6.45, 7) is 6.49. The maximum Gasteiger partial charge on any atom is 0.161 e. The first-order valence-corrected chi connectivity index (χ1v) is 7.39. The van der Waals surface area contributed by atoms with Gasteiger partial charge in [-0.25, -0.2) is 0 Å². The minimum Gasteiger partial charge on any atom is -0.490 e. The molecule has 1 aromatic carbocycles. The van der Waals surface area contributed by atoms with Crippen LogP contribution in [0.1, 0.15) is 33.1 Å². The van der Waals surface area contributed by atoms with Crippen molar-refractivity contribution in [1.82, 2.24) is 5.32 Å². The topological polar surface area (TPSA) is 30.5 Å². The van der Waals surface area contributed by atoms with Crippen LogP contribution in [0.2, 0.25) is 0 Å². The van der Waals surface area contributed by atoms with Gasteiger partial charge < -0.3 is 14.8 Å². The van der Waals surface area contributed by atoms with Crippen molar-refractivity contribution in [2.24, 2.45) is 5.92 Å². The van der Waals surface area contributed by atoms with E-state index in [0.717, 1.165) is 24.0 Å². The highest BCUT2D eigenvalue weighted by Gasteiger charge is 2.23. The molecule has 0 heterocycles. The zero-order valence-corrected chi connectivity index (χ0v) is 12.0. The Balaban J connectivity index is 1.70. The molecule has 1 aromatic rings. The lowest BCUT2D eigenvalue weighted by Crippen LogP contribution is -2.39. The summed E-state index contributed by atoms with van der Waals surface area (Å²) in [6.07, 6.45) is 4.15. The Kier molecular flexibility index (Phi) is 5.52. The molecular formula is C16H25NO2. The second-order valence-corrected chi connectivity index (χ2v) is 5.16. The van der Waals surface area contributed by atoms with Crippen LogP contribution in [0.3, 0.4) is 0 Å². The molecule has 106 valence electrons. The third-order valence-electron chi connectivity index (χ3n) is 3.83. The number of para-hydroxylation sites is 2. The fourth-order valence-electron chi connectivity index (χ4n) is 2.40. The van der Waals surface area contributed by atoms with E-state index in [9.17, 15) is 0 Å². The van der Waals surface area contributed by atoms with E-state index >= 15 is 0 Å². The van der Waals surface area contributed by atoms with E-state index in [0.29, 0.717) is 19.3 Å². The molecule has 1 atom stereocenters. The lowest BCUT2D eigenvalue weighted by Gasteiger charge is -2.32. The van der Waals surface area contributed by atoms with Crippen LogP contribution >= 0.6 is 0 Å². The summed E-state index contributed by atoms with van der Waals surface area (Å²) in [6, 6.07) is 8.46. The molecule has 0 bridgehead atoms. The maximum atomic E-state index is 5.78. The lowest BCUT2D eigenvalue weighted by molar-refractivity contribution is 0.223. The van der Waals surface area contributed by atoms with Gasteiger partial charge in [0.05, 0.1) is 6.61 Å². The molecule has 19 heavy (non-hydrogen) atoms. The summed E-state index contributed by atoms with van der Waals surface area (Å²) in [5.41, 5.74) is 0. The second-order valence-electron chi connectivity index (χ2n) is 5.16. The first kappa shape index (κ1) is 14.2. The maximum absolute atomic E-state index is 5.78. The van der Waals surface area contributed by atoms with Crippen LogP contribution in [-0.4, -0.2) is 25.8 Å². The summed E-state index contributed by atoms with van der Waals surface area (Å²) < 4.78 is 11.3. The molecule has 0 aromatic heterocycles. The molecule has 0 radical (unpaired) electrons. The largest absolute Gasteiger partial charge is 0.490 e. The van der Waals surface area contributed by atoms with Gasteiger partial charge in [0.1, 0.15) is 6.61 Å². The molecule has 3 heteroatoms.